The fourth-order valence-corrected chi connectivity index (χ4v) is 3.71. The Morgan fingerprint density at radius 1 is 0.900 bits per heavy atom. The highest BCUT2D eigenvalue weighted by atomic mass is 32.1. The zero-order valence-electron chi connectivity index (χ0n) is 14.4. The summed E-state index contributed by atoms with van der Waals surface area (Å²) >= 11 is 1.90. The molecule has 0 unspecified atom stereocenters. The highest BCUT2D eigenvalue weighted by Crippen LogP contribution is 2.39. The Hall–Kier alpha value is -0.830. The van der Waals surface area contributed by atoms with Crippen molar-refractivity contribution in [2.24, 2.45) is 0 Å². The van der Waals surface area contributed by atoms with Crippen molar-refractivity contribution in [3.05, 3.63) is 16.8 Å². The molecular formula is C17H28N2S. The van der Waals surface area contributed by atoms with Crippen LogP contribution in [0.1, 0.15) is 73.0 Å². The van der Waals surface area contributed by atoms with E-state index in [1.54, 1.807) is 0 Å². The van der Waals surface area contributed by atoms with Crippen molar-refractivity contribution in [3.63, 3.8) is 0 Å². The number of imidazole rings is 1. The summed E-state index contributed by atoms with van der Waals surface area (Å²) < 4.78 is 2.43. The van der Waals surface area contributed by atoms with E-state index in [-0.39, 0.29) is 16.4 Å². The van der Waals surface area contributed by atoms with E-state index in [0.29, 0.717) is 0 Å². The van der Waals surface area contributed by atoms with Crippen molar-refractivity contribution in [1.82, 2.24) is 9.55 Å². The second kappa shape index (κ2) is 4.33. The maximum atomic E-state index is 4.96. The first-order valence-electron chi connectivity index (χ1n) is 7.35. The number of thiophene rings is 1. The van der Waals surface area contributed by atoms with Gasteiger partial charge in [-0.1, -0.05) is 41.5 Å². The van der Waals surface area contributed by atoms with E-state index in [0.717, 1.165) is 5.52 Å². The van der Waals surface area contributed by atoms with Crippen LogP contribution >= 0.6 is 11.3 Å². The predicted molar refractivity (Wildman–Crippen MR) is 90.0 cm³/mol. The topological polar surface area (TPSA) is 17.8 Å². The van der Waals surface area contributed by atoms with Gasteiger partial charge < -0.3 is 4.57 Å². The first-order chi connectivity index (χ1) is 8.82. The Morgan fingerprint density at radius 2 is 1.45 bits per heavy atom. The normalized spacial score (nSPS) is 14.2. The van der Waals surface area contributed by atoms with Gasteiger partial charge in [-0.05, 0) is 32.3 Å². The lowest BCUT2D eigenvalue weighted by Gasteiger charge is -2.29. The molecule has 2 nitrogen and oxygen atoms in total. The summed E-state index contributed by atoms with van der Waals surface area (Å²) in [4.78, 5) is 7.68. The van der Waals surface area contributed by atoms with Gasteiger partial charge in [0.2, 0.25) is 0 Å². The molecule has 3 heteroatoms. The van der Waals surface area contributed by atoms with Crippen LogP contribution in [-0.4, -0.2) is 9.55 Å². The molecule has 0 fully saturated rings. The fraction of sp³-hybridized carbons (Fsp3) is 0.706. The molecule has 0 atom stereocenters. The van der Waals surface area contributed by atoms with Gasteiger partial charge in [0.1, 0.15) is 16.2 Å². The Bertz CT molecular complexity index is 625. The van der Waals surface area contributed by atoms with Gasteiger partial charge in [-0.25, -0.2) is 4.98 Å². The van der Waals surface area contributed by atoms with Gasteiger partial charge in [0.25, 0.3) is 0 Å². The van der Waals surface area contributed by atoms with Crippen LogP contribution in [-0.2, 0) is 16.4 Å². The minimum atomic E-state index is 0.0529. The molecule has 0 spiro atoms. The Morgan fingerprint density at radius 3 is 1.85 bits per heavy atom. The monoisotopic (exact) mass is 292 g/mol. The molecule has 0 aromatic carbocycles. The summed E-state index contributed by atoms with van der Waals surface area (Å²) in [5.41, 5.74) is 1.46. The predicted octanol–water partition coefficient (Wildman–Crippen LogP) is 5.45. The Kier molecular flexibility index (Phi) is 3.37. The van der Waals surface area contributed by atoms with Crippen molar-refractivity contribution in [2.75, 3.05) is 0 Å². The highest BCUT2D eigenvalue weighted by Gasteiger charge is 2.30. The zero-order chi connectivity index (χ0) is 15.5. The van der Waals surface area contributed by atoms with E-state index in [9.17, 15) is 0 Å². The number of nitrogens with zero attached hydrogens (tertiary/aromatic N) is 2. The summed E-state index contributed by atoms with van der Waals surface area (Å²) in [6.07, 6.45) is 0. The minimum Gasteiger partial charge on any atom is -0.314 e. The zero-order valence-corrected chi connectivity index (χ0v) is 15.2. The molecule has 0 saturated carbocycles. The molecule has 0 saturated heterocycles. The Labute approximate surface area is 127 Å². The van der Waals surface area contributed by atoms with Crippen LogP contribution in [0.15, 0.2) is 6.07 Å². The molecule has 2 aromatic rings. The molecular weight excluding hydrogens is 264 g/mol. The summed E-state index contributed by atoms with van der Waals surface area (Å²) in [5, 5.41) is 0. The van der Waals surface area contributed by atoms with Crippen LogP contribution in [0.3, 0.4) is 0 Å². The smallest absolute Gasteiger partial charge is 0.123 e. The second-order valence-corrected chi connectivity index (χ2v) is 9.77. The molecule has 2 aromatic heterocycles. The standard InChI is InChI=1S/C17H28N2S/c1-15(2,3)12-10-11-13(20-12)19(17(7,8)9)14(18-11)16(4,5)6/h10H,1-9H3. The lowest BCUT2D eigenvalue weighted by atomic mass is 9.94. The van der Waals surface area contributed by atoms with Gasteiger partial charge in [-0.3, -0.25) is 0 Å². The fourth-order valence-electron chi connectivity index (χ4n) is 2.37. The molecule has 112 valence electrons. The molecule has 0 aliphatic heterocycles. The minimum absolute atomic E-state index is 0.0529. The van der Waals surface area contributed by atoms with Crippen LogP contribution in [0, 0.1) is 0 Å². The van der Waals surface area contributed by atoms with Gasteiger partial charge in [-0.15, -0.1) is 11.3 Å². The molecule has 20 heavy (non-hydrogen) atoms. The lowest BCUT2D eigenvalue weighted by Crippen LogP contribution is -2.29. The third kappa shape index (κ3) is 2.65. The van der Waals surface area contributed by atoms with Crippen LogP contribution in [0.25, 0.3) is 10.3 Å². The van der Waals surface area contributed by atoms with E-state index >= 15 is 0 Å². The number of hydrogen-bond donors (Lipinski definition) is 0. The molecule has 0 aliphatic rings. The summed E-state index contributed by atoms with van der Waals surface area (Å²) in [6.45, 7) is 20.3. The maximum Gasteiger partial charge on any atom is 0.123 e. The summed E-state index contributed by atoms with van der Waals surface area (Å²) in [7, 11) is 0. The Balaban J connectivity index is 2.77. The first-order valence-corrected chi connectivity index (χ1v) is 8.17. The van der Waals surface area contributed by atoms with Crippen molar-refractivity contribution in [1.29, 1.82) is 0 Å². The highest BCUT2D eigenvalue weighted by molar-refractivity contribution is 7.18. The molecule has 0 bridgehead atoms. The maximum absolute atomic E-state index is 4.96. The first kappa shape index (κ1) is 15.6. The summed E-state index contributed by atoms with van der Waals surface area (Å²) in [5.74, 6) is 1.19. The van der Waals surface area contributed by atoms with E-state index in [1.165, 1.54) is 15.5 Å². The van der Waals surface area contributed by atoms with Gasteiger partial charge in [0, 0.05) is 15.8 Å². The molecule has 0 aliphatic carbocycles. The van der Waals surface area contributed by atoms with Crippen molar-refractivity contribution >= 4 is 21.7 Å². The molecule has 0 N–H and O–H groups in total. The van der Waals surface area contributed by atoms with E-state index in [4.69, 9.17) is 4.98 Å². The largest absolute Gasteiger partial charge is 0.314 e. The van der Waals surface area contributed by atoms with Gasteiger partial charge in [0.05, 0.1) is 0 Å². The summed E-state index contributed by atoms with van der Waals surface area (Å²) in [6, 6.07) is 2.28. The average molecular weight is 292 g/mol. The molecule has 2 heterocycles. The van der Waals surface area contributed by atoms with Gasteiger partial charge in [0.15, 0.2) is 0 Å². The van der Waals surface area contributed by atoms with Crippen LogP contribution in [0.5, 0.6) is 0 Å². The lowest BCUT2D eigenvalue weighted by molar-refractivity contribution is 0.365. The SMILES string of the molecule is CC(C)(C)c1cc2nc(C(C)(C)C)n(C(C)(C)C)c2s1. The van der Waals surface area contributed by atoms with Gasteiger partial charge >= 0.3 is 0 Å². The van der Waals surface area contributed by atoms with Crippen LogP contribution in [0.2, 0.25) is 0 Å². The second-order valence-electron chi connectivity index (χ2n) is 8.74. The number of fused-ring (bicyclic) bond motifs is 1. The molecule has 2 rings (SSSR count). The third-order valence-corrected chi connectivity index (χ3v) is 4.95. The number of hydrogen-bond acceptors (Lipinski definition) is 2. The quantitative estimate of drug-likeness (QED) is 0.631. The van der Waals surface area contributed by atoms with Crippen molar-refractivity contribution in [3.8, 4) is 0 Å². The molecule has 0 amide bonds. The van der Waals surface area contributed by atoms with Crippen LogP contribution < -0.4 is 0 Å². The van der Waals surface area contributed by atoms with E-state index in [2.05, 4.69) is 72.9 Å². The third-order valence-electron chi connectivity index (χ3n) is 3.42. The van der Waals surface area contributed by atoms with Gasteiger partial charge in [-0.2, -0.15) is 0 Å². The van der Waals surface area contributed by atoms with Crippen molar-refractivity contribution in [2.45, 2.75) is 78.7 Å². The number of rotatable bonds is 0. The number of aromatic nitrogens is 2. The van der Waals surface area contributed by atoms with Crippen LogP contribution in [0.4, 0.5) is 0 Å². The average Bonchev–Trinajstić information content (AvgIpc) is 2.66. The van der Waals surface area contributed by atoms with E-state index < -0.39 is 0 Å². The molecule has 0 radical (unpaired) electrons. The van der Waals surface area contributed by atoms with Crippen molar-refractivity contribution < 1.29 is 0 Å². The van der Waals surface area contributed by atoms with E-state index in [1.807, 2.05) is 11.3 Å².